The van der Waals surface area contributed by atoms with Crippen LogP contribution in [0.2, 0.25) is 0 Å². The van der Waals surface area contributed by atoms with Gasteiger partial charge in [-0.15, -0.1) is 0 Å². The topological polar surface area (TPSA) is 65.9 Å². The Morgan fingerprint density at radius 2 is 2.00 bits per heavy atom. The van der Waals surface area contributed by atoms with Gasteiger partial charge in [0.05, 0.1) is 12.2 Å². The second-order valence-electron chi connectivity index (χ2n) is 6.40. The number of hydrogen-bond donors (Lipinski definition) is 1. The van der Waals surface area contributed by atoms with Gasteiger partial charge in [0.25, 0.3) is 0 Å². The molecule has 0 aromatic carbocycles. The number of ether oxygens (including phenoxy) is 1. The molecule has 0 saturated carbocycles. The van der Waals surface area contributed by atoms with Crippen molar-refractivity contribution in [3.63, 3.8) is 0 Å². The van der Waals surface area contributed by atoms with Crippen molar-refractivity contribution in [3.05, 3.63) is 30.1 Å². The number of carbonyl (C=O) groups is 1. The molecular weight excluding hydrogens is 294 g/mol. The molecule has 2 aliphatic heterocycles. The molecule has 23 heavy (non-hydrogen) atoms. The quantitative estimate of drug-likeness (QED) is 0.901. The van der Waals surface area contributed by atoms with Gasteiger partial charge in [0, 0.05) is 37.6 Å². The van der Waals surface area contributed by atoms with E-state index in [0.29, 0.717) is 32.5 Å². The van der Waals surface area contributed by atoms with Crippen LogP contribution in [0.4, 0.5) is 4.79 Å². The van der Waals surface area contributed by atoms with Gasteiger partial charge in [0.15, 0.2) is 0 Å². The van der Waals surface area contributed by atoms with E-state index in [1.807, 2.05) is 18.3 Å². The fraction of sp³-hybridized carbons (Fsp3) is 0.647. The molecule has 2 saturated heterocycles. The van der Waals surface area contributed by atoms with Crippen LogP contribution in [0.1, 0.15) is 31.2 Å². The highest BCUT2D eigenvalue weighted by molar-refractivity contribution is 5.65. The highest BCUT2D eigenvalue weighted by atomic mass is 16.5. The molecule has 1 amide bonds. The van der Waals surface area contributed by atoms with Crippen LogP contribution in [0, 0.1) is 0 Å². The van der Waals surface area contributed by atoms with Crippen LogP contribution < -0.4 is 0 Å². The zero-order chi connectivity index (χ0) is 16.1. The molecular formula is C17H25N3O3. The number of likely N-dealkylation sites (tertiary alicyclic amines) is 2. The van der Waals surface area contributed by atoms with Gasteiger partial charge >= 0.3 is 6.09 Å². The van der Waals surface area contributed by atoms with Gasteiger partial charge in [-0.1, -0.05) is 6.07 Å². The summed E-state index contributed by atoms with van der Waals surface area (Å²) < 4.78 is 6.35. The van der Waals surface area contributed by atoms with Crippen LogP contribution in [0.15, 0.2) is 24.5 Å². The van der Waals surface area contributed by atoms with Gasteiger partial charge in [-0.25, -0.2) is 4.79 Å². The third-order valence-corrected chi connectivity index (χ3v) is 5.01. The molecule has 0 spiro atoms. The summed E-state index contributed by atoms with van der Waals surface area (Å²) in [5, 5.41) is 9.16. The number of aromatic nitrogens is 1. The van der Waals surface area contributed by atoms with E-state index in [9.17, 15) is 4.79 Å². The van der Waals surface area contributed by atoms with Crippen LogP contribution in [0.3, 0.4) is 0 Å². The van der Waals surface area contributed by atoms with Crippen LogP contribution in [-0.2, 0) is 10.3 Å². The predicted molar refractivity (Wildman–Crippen MR) is 86.4 cm³/mol. The van der Waals surface area contributed by atoms with E-state index in [1.54, 1.807) is 6.20 Å². The third kappa shape index (κ3) is 3.82. The first-order chi connectivity index (χ1) is 11.2. The fourth-order valence-corrected chi connectivity index (χ4v) is 3.58. The number of amides is 1. The molecule has 0 radical (unpaired) electrons. The molecule has 6 heteroatoms. The molecule has 2 aliphatic rings. The molecule has 0 unspecified atom stereocenters. The molecule has 1 aromatic rings. The smallest absolute Gasteiger partial charge is 0.407 e. The van der Waals surface area contributed by atoms with Crippen molar-refractivity contribution in [3.8, 4) is 0 Å². The van der Waals surface area contributed by atoms with Crippen molar-refractivity contribution in [2.24, 2.45) is 0 Å². The van der Waals surface area contributed by atoms with Gasteiger partial charge < -0.3 is 19.6 Å². The van der Waals surface area contributed by atoms with E-state index >= 15 is 0 Å². The Morgan fingerprint density at radius 3 is 2.61 bits per heavy atom. The summed E-state index contributed by atoms with van der Waals surface area (Å²) in [4.78, 5) is 19.3. The zero-order valence-electron chi connectivity index (χ0n) is 13.5. The first-order valence-corrected chi connectivity index (χ1v) is 8.44. The Bertz CT molecular complexity index is 509. The van der Waals surface area contributed by atoms with Gasteiger partial charge in [-0.2, -0.15) is 0 Å². The van der Waals surface area contributed by atoms with Crippen molar-refractivity contribution in [1.82, 2.24) is 14.8 Å². The highest BCUT2D eigenvalue weighted by Gasteiger charge is 2.38. The summed E-state index contributed by atoms with van der Waals surface area (Å²) in [6.07, 6.45) is 6.69. The average molecular weight is 319 g/mol. The number of nitrogens with zero attached hydrogens (tertiary/aromatic N) is 3. The van der Waals surface area contributed by atoms with Crippen molar-refractivity contribution < 1.29 is 14.6 Å². The number of rotatable bonds is 5. The maximum absolute atomic E-state index is 11.2. The minimum atomic E-state index is -0.846. The number of piperidine rings is 1. The maximum Gasteiger partial charge on any atom is 0.407 e. The Labute approximate surface area is 137 Å². The van der Waals surface area contributed by atoms with Crippen molar-refractivity contribution in [2.75, 3.05) is 39.3 Å². The molecule has 2 fully saturated rings. The second-order valence-corrected chi connectivity index (χ2v) is 6.40. The molecule has 1 N–H and O–H groups in total. The Kier molecular flexibility index (Phi) is 5.13. The Balaban J connectivity index is 1.66. The van der Waals surface area contributed by atoms with Crippen LogP contribution in [0.25, 0.3) is 0 Å². The zero-order valence-corrected chi connectivity index (χ0v) is 13.5. The largest absolute Gasteiger partial charge is 0.465 e. The monoisotopic (exact) mass is 319 g/mol. The van der Waals surface area contributed by atoms with Crippen LogP contribution in [0.5, 0.6) is 0 Å². The van der Waals surface area contributed by atoms with E-state index in [1.165, 1.54) is 17.7 Å². The number of carboxylic acid groups (broad SMARTS) is 1. The first kappa shape index (κ1) is 16.2. The number of pyridine rings is 1. The molecule has 0 bridgehead atoms. The Morgan fingerprint density at radius 1 is 1.26 bits per heavy atom. The summed E-state index contributed by atoms with van der Waals surface area (Å²) in [6.45, 7) is 4.97. The molecule has 3 heterocycles. The standard InChI is InChI=1S/C17H25N3O3/c21-16(22)20-10-5-17(6-11-20,15-4-3-7-18-14-15)23-13-12-19-8-1-2-9-19/h3-4,7,14H,1-2,5-6,8-13H2,(H,21,22). The van der Waals surface area contributed by atoms with Gasteiger partial charge in [-0.05, 0) is 44.8 Å². The van der Waals surface area contributed by atoms with Crippen LogP contribution in [-0.4, -0.2) is 65.3 Å². The SMILES string of the molecule is O=C(O)N1CCC(OCCN2CCCC2)(c2cccnc2)CC1. The molecule has 0 aliphatic carbocycles. The van der Waals surface area contributed by atoms with Crippen LogP contribution >= 0.6 is 0 Å². The summed E-state index contributed by atoms with van der Waals surface area (Å²) in [7, 11) is 0. The van der Waals surface area contributed by atoms with E-state index in [4.69, 9.17) is 9.84 Å². The summed E-state index contributed by atoms with van der Waals surface area (Å²) >= 11 is 0. The minimum absolute atomic E-state index is 0.403. The fourth-order valence-electron chi connectivity index (χ4n) is 3.58. The lowest BCUT2D eigenvalue weighted by atomic mass is 9.85. The molecule has 3 rings (SSSR count). The molecule has 126 valence electrons. The molecule has 6 nitrogen and oxygen atoms in total. The van der Waals surface area contributed by atoms with Gasteiger partial charge in [0.1, 0.15) is 0 Å². The second kappa shape index (κ2) is 7.27. The van der Waals surface area contributed by atoms with Gasteiger partial charge in [0.2, 0.25) is 0 Å². The minimum Gasteiger partial charge on any atom is -0.465 e. The maximum atomic E-state index is 11.2. The summed E-state index contributed by atoms with van der Waals surface area (Å²) in [5.74, 6) is 0. The van der Waals surface area contributed by atoms with E-state index in [-0.39, 0.29) is 0 Å². The summed E-state index contributed by atoms with van der Waals surface area (Å²) in [5.41, 5.74) is 0.659. The first-order valence-electron chi connectivity index (χ1n) is 8.44. The lowest BCUT2D eigenvalue weighted by Crippen LogP contribution is -2.46. The Hall–Kier alpha value is -1.66. The molecule has 1 aromatic heterocycles. The normalized spacial score (nSPS) is 21.5. The van der Waals surface area contributed by atoms with Crippen molar-refractivity contribution in [1.29, 1.82) is 0 Å². The predicted octanol–water partition coefficient (Wildman–Crippen LogP) is 2.16. The number of hydrogen-bond acceptors (Lipinski definition) is 4. The van der Waals surface area contributed by atoms with Crippen molar-refractivity contribution in [2.45, 2.75) is 31.3 Å². The average Bonchev–Trinajstić information content (AvgIpc) is 3.09. The lowest BCUT2D eigenvalue weighted by Gasteiger charge is -2.41. The lowest BCUT2D eigenvalue weighted by molar-refractivity contribution is -0.0902. The highest BCUT2D eigenvalue weighted by Crippen LogP contribution is 2.36. The van der Waals surface area contributed by atoms with Gasteiger partial charge in [-0.3, -0.25) is 4.98 Å². The van der Waals surface area contributed by atoms with Crippen molar-refractivity contribution >= 4 is 6.09 Å². The van der Waals surface area contributed by atoms with E-state index in [2.05, 4.69) is 9.88 Å². The summed E-state index contributed by atoms with van der Waals surface area (Å²) in [6, 6.07) is 3.96. The molecule has 0 atom stereocenters. The third-order valence-electron chi connectivity index (χ3n) is 5.01. The van der Waals surface area contributed by atoms with E-state index < -0.39 is 11.7 Å². The van der Waals surface area contributed by atoms with E-state index in [0.717, 1.165) is 25.2 Å².